The molecule has 0 heterocycles. The summed E-state index contributed by atoms with van der Waals surface area (Å²) in [7, 11) is 1.45. The van der Waals surface area contributed by atoms with Crippen LogP contribution in [0.25, 0.3) is 0 Å². The lowest BCUT2D eigenvalue weighted by atomic mass is 9.91. The van der Waals surface area contributed by atoms with E-state index in [1.807, 2.05) is 30.3 Å². The lowest BCUT2D eigenvalue weighted by Gasteiger charge is -2.36. The first-order valence-electron chi connectivity index (χ1n) is 6.80. The molecule has 0 fully saturated rings. The second-order valence-electron chi connectivity index (χ2n) is 6.28. The standard InChI is InChI=1S/C16H23NO4/c1-15(2,3)21-14(20)17(5)16(4,13(18)19)11-12-9-7-6-8-10-12/h6-10H,11H2,1-5H3,(H,18,19)/t16-/m1/s1. The predicted molar refractivity (Wildman–Crippen MR) is 80.2 cm³/mol. The van der Waals surface area contributed by atoms with Crippen LogP contribution in [0.2, 0.25) is 0 Å². The van der Waals surface area contributed by atoms with Gasteiger partial charge in [-0.15, -0.1) is 0 Å². The average molecular weight is 293 g/mol. The number of rotatable bonds is 4. The zero-order chi connectivity index (χ0) is 16.3. The highest BCUT2D eigenvalue weighted by atomic mass is 16.6. The molecule has 21 heavy (non-hydrogen) atoms. The molecule has 1 atom stereocenters. The van der Waals surface area contributed by atoms with Crippen LogP contribution in [0.3, 0.4) is 0 Å². The Bertz CT molecular complexity index is 507. The molecular weight excluding hydrogens is 270 g/mol. The molecular formula is C16H23NO4. The lowest BCUT2D eigenvalue weighted by molar-refractivity contribution is -0.149. The van der Waals surface area contributed by atoms with Crippen LogP contribution in [-0.2, 0) is 16.0 Å². The maximum absolute atomic E-state index is 12.1. The topological polar surface area (TPSA) is 66.8 Å². The molecule has 0 aromatic heterocycles. The fourth-order valence-corrected chi connectivity index (χ4v) is 1.86. The van der Waals surface area contributed by atoms with Crippen LogP contribution in [-0.4, -0.2) is 40.3 Å². The van der Waals surface area contributed by atoms with Crippen molar-refractivity contribution in [3.05, 3.63) is 35.9 Å². The SMILES string of the molecule is CN(C(=O)OC(C)(C)C)[C@](C)(Cc1ccccc1)C(=O)O. The van der Waals surface area contributed by atoms with Gasteiger partial charge in [-0.1, -0.05) is 30.3 Å². The third-order valence-corrected chi connectivity index (χ3v) is 3.26. The molecule has 0 spiro atoms. The summed E-state index contributed by atoms with van der Waals surface area (Å²) >= 11 is 0. The van der Waals surface area contributed by atoms with Gasteiger partial charge in [-0.25, -0.2) is 9.59 Å². The van der Waals surface area contributed by atoms with Crippen LogP contribution in [0.1, 0.15) is 33.3 Å². The lowest BCUT2D eigenvalue weighted by Crippen LogP contribution is -2.55. The van der Waals surface area contributed by atoms with Gasteiger partial charge in [-0.2, -0.15) is 0 Å². The van der Waals surface area contributed by atoms with Crippen molar-refractivity contribution in [2.24, 2.45) is 0 Å². The van der Waals surface area contributed by atoms with E-state index in [-0.39, 0.29) is 6.42 Å². The van der Waals surface area contributed by atoms with E-state index in [2.05, 4.69) is 0 Å². The molecule has 5 nitrogen and oxygen atoms in total. The van der Waals surface area contributed by atoms with Gasteiger partial charge in [-0.05, 0) is 33.3 Å². The number of carboxylic acid groups (broad SMARTS) is 1. The van der Waals surface area contributed by atoms with Crippen molar-refractivity contribution in [3.8, 4) is 0 Å². The maximum Gasteiger partial charge on any atom is 0.410 e. The summed E-state index contributed by atoms with van der Waals surface area (Å²) in [6.07, 6.45) is -0.442. The van der Waals surface area contributed by atoms with Crippen molar-refractivity contribution in [2.45, 2.75) is 45.3 Å². The highest BCUT2D eigenvalue weighted by molar-refractivity contribution is 5.84. The number of nitrogens with zero attached hydrogens (tertiary/aromatic N) is 1. The van der Waals surface area contributed by atoms with Crippen molar-refractivity contribution < 1.29 is 19.4 Å². The molecule has 1 amide bonds. The summed E-state index contributed by atoms with van der Waals surface area (Å²) in [6, 6.07) is 9.21. The Morgan fingerprint density at radius 1 is 1.14 bits per heavy atom. The Balaban J connectivity index is 2.99. The van der Waals surface area contributed by atoms with E-state index in [0.717, 1.165) is 10.5 Å². The smallest absolute Gasteiger partial charge is 0.410 e. The molecule has 5 heteroatoms. The fourth-order valence-electron chi connectivity index (χ4n) is 1.86. The maximum atomic E-state index is 12.1. The molecule has 0 aliphatic carbocycles. The summed E-state index contributed by atoms with van der Waals surface area (Å²) in [4.78, 5) is 25.0. The Morgan fingerprint density at radius 2 is 1.67 bits per heavy atom. The largest absolute Gasteiger partial charge is 0.479 e. The van der Waals surface area contributed by atoms with E-state index in [0.29, 0.717) is 0 Å². The summed E-state index contributed by atoms with van der Waals surface area (Å²) in [5, 5.41) is 9.56. The van der Waals surface area contributed by atoms with Crippen LogP contribution in [0.4, 0.5) is 4.79 Å². The number of aliphatic carboxylic acids is 1. The summed E-state index contributed by atoms with van der Waals surface area (Å²) < 4.78 is 5.26. The first-order valence-corrected chi connectivity index (χ1v) is 6.80. The molecule has 1 N–H and O–H groups in total. The van der Waals surface area contributed by atoms with Crippen LogP contribution < -0.4 is 0 Å². The van der Waals surface area contributed by atoms with Gasteiger partial charge < -0.3 is 9.84 Å². The molecule has 0 unspecified atom stereocenters. The number of ether oxygens (including phenoxy) is 1. The Morgan fingerprint density at radius 3 is 2.10 bits per heavy atom. The summed E-state index contributed by atoms with van der Waals surface area (Å²) in [5.74, 6) is -1.07. The minimum absolute atomic E-state index is 0.207. The van der Waals surface area contributed by atoms with Gasteiger partial charge in [0.25, 0.3) is 0 Å². The first kappa shape index (κ1) is 17.0. The van der Waals surface area contributed by atoms with E-state index in [1.165, 1.54) is 14.0 Å². The van der Waals surface area contributed by atoms with Crippen molar-refractivity contribution in [1.82, 2.24) is 4.90 Å². The monoisotopic (exact) mass is 293 g/mol. The molecule has 0 saturated carbocycles. The zero-order valence-electron chi connectivity index (χ0n) is 13.2. The quantitative estimate of drug-likeness (QED) is 0.927. The van der Waals surface area contributed by atoms with Crippen LogP contribution >= 0.6 is 0 Å². The molecule has 1 aromatic rings. The van der Waals surface area contributed by atoms with Crippen LogP contribution in [0.5, 0.6) is 0 Å². The molecule has 0 bridgehead atoms. The minimum atomic E-state index is -1.37. The van der Waals surface area contributed by atoms with Gasteiger partial charge in [0, 0.05) is 13.5 Å². The molecule has 0 aliphatic heterocycles. The van der Waals surface area contributed by atoms with E-state index in [4.69, 9.17) is 4.74 Å². The van der Waals surface area contributed by atoms with Crippen molar-refractivity contribution >= 4 is 12.1 Å². The van der Waals surface area contributed by atoms with Gasteiger partial charge >= 0.3 is 12.1 Å². The predicted octanol–water partition coefficient (Wildman–Crippen LogP) is 2.94. The molecule has 0 saturated heterocycles. The van der Waals surface area contributed by atoms with Crippen molar-refractivity contribution in [2.75, 3.05) is 7.05 Å². The molecule has 116 valence electrons. The number of amides is 1. The third-order valence-electron chi connectivity index (χ3n) is 3.26. The second kappa shape index (κ2) is 6.16. The van der Waals surface area contributed by atoms with E-state index in [9.17, 15) is 14.7 Å². The highest BCUT2D eigenvalue weighted by Crippen LogP contribution is 2.22. The number of carboxylic acids is 1. The fraction of sp³-hybridized carbons (Fsp3) is 0.500. The normalized spacial score (nSPS) is 14.1. The Labute approximate surface area is 125 Å². The molecule has 1 aromatic carbocycles. The van der Waals surface area contributed by atoms with Gasteiger partial charge in [-0.3, -0.25) is 4.90 Å². The Kier molecular flexibility index (Phi) is 4.99. The van der Waals surface area contributed by atoms with Crippen molar-refractivity contribution in [3.63, 3.8) is 0 Å². The van der Waals surface area contributed by atoms with Gasteiger partial charge in [0.05, 0.1) is 0 Å². The number of benzene rings is 1. The van der Waals surface area contributed by atoms with E-state index >= 15 is 0 Å². The van der Waals surface area contributed by atoms with E-state index in [1.54, 1.807) is 20.8 Å². The second-order valence-corrected chi connectivity index (χ2v) is 6.28. The average Bonchev–Trinajstić information content (AvgIpc) is 2.36. The highest BCUT2D eigenvalue weighted by Gasteiger charge is 2.42. The minimum Gasteiger partial charge on any atom is -0.479 e. The number of carbonyl (C=O) groups is 2. The third kappa shape index (κ3) is 4.48. The molecule has 0 aliphatic rings. The van der Waals surface area contributed by atoms with Gasteiger partial charge in [0.15, 0.2) is 0 Å². The number of hydrogen-bond donors (Lipinski definition) is 1. The number of likely N-dealkylation sites (N-methyl/N-ethyl adjacent to an activating group) is 1. The van der Waals surface area contributed by atoms with Crippen LogP contribution in [0, 0.1) is 0 Å². The van der Waals surface area contributed by atoms with E-state index < -0.39 is 23.2 Å². The van der Waals surface area contributed by atoms with Gasteiger partial charge in [0.1, 0.15) is 11.1 Å². The van der Waals surface area contributed by atoms with Gasteiger partial charge in [0.2, 0.25) is 0 Å². The Hall–Kier alpha value is -2.04. The summed E-state index contributed by atoms with van der Waals surface area (Å²) in [5.41, 5.74) is -1.20. The van der Waals surface area contributed by atoms with Crippen molar-refractivity contribution in [1.29, 1.82) is 0 Å². The molecule has 1 rings (SSSR count). The number of carbonyl (C=O) groups excluding carboxylic acids is 1. The first-order chi connectivity index (χ1) is 9.56. The number of hydrogen-bond acceptors (Lipinski definition) is 3. The van der Waals surface area contributed by atoms with Crippen LogP contribution in [0.15, 0.2) is 30.3 Å². The zero-order valence-corrected chi connectivity index (χ0v) is 13.2. The summed E-state index contributed by atoms with van der Waals surface area (Å²) in [6.45, 7) is 6.75. The molecule has 0 radical (unpaired) electrons.